The summed E-state index contributed by atoms with van der Waals surface area (Å²) in [5, 5.41) is 6.00. The van der Waals surface area contributed by atoms with Gasteiger partial charge in [-0.1, -0.05) is 18.6 Å². The van der Waals surface area contributed by atoms with Gasteiger partial charge in [0.05, 0.1) is 12.4 Å². The van der Waals surface area contributed by atoms with Gasteiger partial charge < -0.3 is 20.1 Å². The second-order valence-electron chi connectivity index (χ2n) is 7.42. The number of aromatic nitrogens is 2. The van der Waals surface area contributed by atoms with Crippen LogP contribution in [0.4, 0.5) is 4.79 Å². The number of amides is 2. The van der Waals surface area contributed by atoms with E-state index in [1.165, 1.54) is 25.8 Å². The van der Waals surface area contributed by atoms with Crippen molar-refractivity contribution in [3.63, 3.8) is 0 Å². The topological polar surface area (TPSA) is 62.2 Å². The quantitative estimate of drug-likeness (QED) is 0.735. The minimum Gasteiger partial charge on any atom is -0.338 e. The number of rotatable bonds is 7. The number of nitrogens with one attached hydrogen (secondary N) is 2. The Morgan fingerprint density at radius 3 is 2.81 bits per heavy atom. The van der Waals surface area contributed by atoms with E-state index in [1.807, 2.05) is 42.0 Å². The highest BCUT2D eigenvalue weighted by atomic mass is 16.2. The van der Waals surface area contributed by atoms with Gasteiger partial charge in [0.15, 0.2) is 0 Å². The summed E-state index contributed by atoms with van der Waals surface area (Å²) in [5.41, 5.74) is 2.14. The third-order valence-corrected chi connectivity index (χ3v) is 5.39. The fourth-order valence-corrected chi connectivity index (χ4v) is 3.65. The van der Waals surface area contributed by atoms with Crippen LogP contribution in [0.15, 0.2) is 43.0 Å². The minimum absolute atomic E-state index is 0.0380. The van der Waals surface area contributed by atoms with Crippen molar-refractivity contribution in [3.8, 4) is 5.69 Å². The molecular formula is C21H31N5O. The molecule has 1 aliphatic heterocycles. The highest BCUT2D eigenvalue weighted by molar-refractivity contribution is 5.74. The van der Waals surface area contributed by atoms with E-state index in [4.69, 9.17) is 0 Å². The van der Waals surface area contributed by atoms with Crippen LogP contribution < -0.4 is 10.6 Å². The highest BCUT2D eigenvalue weighted by Gasteiger charge is 2.17. The first-order chi connectivity index (χ1) is 13.1. The first kappa shape index (κ1) is 19.4. The third kappa shape index (κ3) is 5.57. The van der Waals surface area contributed by atoms with Crippen molar-refractivity contribution in [3.05, 3.63) is 48.5 Å². The summed E-state index contributed by atoms with van der Waals surface area (Å²) in [7, 11) is 0. The van der Waals surface area contributed by atoms with Gasteiger partial charge in [-0.25, -0.2) is 9.78 Å². The molecule has 146 valence electrons. The lowest BCUT2D eigenvalue weighted by molar-refractivity contribution is 0.159. The molecule has 0 bridgehead atoms. The molecule has 1 aromatic heterocycles. The molecule has 1 aliphatic rings. The molecule has 6 nitrogen and oxygen atoms in total. The summed E-state index contributed by atoms with van der Waals surface area (Å²) in [6.07, 6.45) is 10.4. The maximum Gasteiger partial charge on any atom is 0.315 e. The largest absolute Gasteiger partial charge is 0.338 e. The van der Waals surface area contributed by atoms with Gasteiger partial charge >= 0.3 is 6.03 Å². The van der Waals surface area contributed by atoms with E-state index < -0.39 is 0 Å². The van der Waals surface area contributed by atoms with Crippen LogP contribution in [0.1, 0.15) is 51.1 Å². The lowest BCUT2D eigenvalue weighted by atomic mass is 10.0. The Balaban J connectivity index is 1.38. The molecule has 0 radical (unpaired) electrons. The molecular weight excluding hydrogens is 338 g/mol. The van der Waals surface area contributed by atoms with Crippen LogP contribution in [0, 0.1) is 0 Å². The van der Waals surface area contributed by atoms with Crippen molar-refractivity contribution in [2.45, 2.75) is 51.6 Å². The molecule has 1 fully saturated rings. The third-order valence-electron chi connectivity index (χ3n) is 5.39. The summed E-state index contributed by atoms with van der Waals surface area (Å²) in [4.78, 5) is 18.7. The minimum atomic E-state index is -0.104. The summed E-state index contributed by atoms with van der Waals surface area (Å²) in [6.45, 7) is 7.27. The van der Waals surface area contributed by atoms with Crippen molar-refractivity contribution in [2.75, 3.05) is 19.6 Å². The van der Waals surface area contributed by atoms with Gasteiger partial charge in [-0.05, 0) is 57.4 Å². The van der Waals surface area contributed by atoms with Crippen LogP contribution in [0.25, 0.3) is 5.69 Å². The Kier molecular flexibility index (Phi) is 6.87. The van der Waals surface area contributed by atoms with E-state index in [1.54, 1.807) is 12.5 Å². The molecule has 2 heterocycles. The number of hydrogen-bond acceptors (Lipinski definition) is 3. The maximum atomic E-state index is 12.1. The first-order valence-corrected chi connectivity index (χ1v) is 10.00. The Morgan fingerprint density at radius 1 is 1.30 bits per heavy atom. The Bertz CT molecular complexity index is 698. The number of benzene rings is 1. The Hall–Kier alpha value is -2.34. The molecule has 0 saturated carbocycles. The molecule has 0 aliphatic carbocycles. The number of likely N-dealkylation sites (tertiary alicyclic amines) is 1. The van der Waals surface area contributed by atoms with Crippen LogP contribution in [-0.4, -0.2) is 46.2 Å². The summed E-state index contributed by atoms with van der Waals surface area (Å²) >= 11 is 0. The zero-order valence-corrected chi connectivity index (χ0v) is 16.4. The summed E-state index contributed by atoms with van der Waals surface area (Å²) in [5.74, 6) is 0. The van der Waals surface area contributed by atoms with Crippen molar-refractivity contribution >= 4 is 6.03 Å². The fourth-order valence-electron chi connectivity index (χ4n) is 3.65. The standard InChI is InChI=1S/C21H31N5O/c1-17-6-3-4-13-25(17)14-5-11-23-21(27)24-18(2)19-7-9-20(10-8-19)26-15-12-22-16-26/h7-10,12,15-18H,3-6,11,13-14H2,1-2H3,(H2,23,24,27). The van der Waals surface area contributed by atoms with Gasteiger partial charge in [0.2, 0.25) is 0 Å². The molecule has 1 aromatic carbocycles. The average molecular weight is 370 g/mol. The number of carbonyl (C=O) groups is 1. The molecule has 6 heteroatoms. The predicted molar refractivity (Wildman–Crippen MR) is 108 cm³/mol. The van der Waals surface area contributed by atoms with Gasteiger partial charge in [-0.3, -0.25) is 0 Å². The van der Waals surface area contributed by atoms with E-state index in [9.17, 15) is 4.79 Å². The number of nitrogens with zero attached hydrogens (tertiary/aromatic N) is 3. The second-order valence-corrected chi connectivity index (χ2v) is 7.42. The van der Waals surface area contributed by atoms with Gasteiger partial charge in [0, 0.05) is 37.2 Å². The van der Waals surface area contributed by atoms with Crippen molar-refractivity contribution in [2.24, 2.45) is 0 Å². The predicted octanol–water partition coefficient (Wildman–Crippen LogP) is 3.50. The maximum absolute atomic E-state index is 12.1. The molecule has 2 unspecified atom stereocenters. The van der Waals surface area contributed by atoms with Crippen LogP contribution in [0.3, 0.4) is 0 Å². The van der Waals surface area contributed by atoms with Crippen LogP contribution in [-0.2, 0) is 0 Å². The molecule has 27 heavy (non-hydrogen) atoms. The Morgan fingerprint density at radius 2 is 2.11 bits per heavy atom. The molecule has 2 aromatic rings. The number of piperidine rings is 1. The number of carbonyl (C=O) groups excluding carboxylic acids is 1. The normalized spacial score (nSPS) is 18.8. The van der Waals surface area contributed by atoms with E-state index in [0.29, 0.717) is 12.6 Å². The SMILES string of the molecule is CC(NC(=O)NCCCN1CCCCC1C)c1ccc(-n2ccnc2)cc1. The molecule has 3 rings (SSSR count). The van der Waals surface area contributed by atoms with Crippen molar-refractivity contribution in [1.82, 2.24) is 25.1 Å². The number of imidazole rings is 1. The fraction of sp³-hybridized carbons (Fsp3) is 0.524. The summed E-state index contributed by atoms with van der Waals surface area (Å²) < 4.78 is 1.96. The highest BCUT2D eigenvalue weighted by Crippen LogP contribution is 2.17. The monoisotopic (exact) mass is 369 g/mol. The molecule has 2 atom stereocenters. The molecule has 2 amide bonds. The molecule has 1 saturated heterocycles. The van der Waals surface area contributed by atoms with Gasteiger partial charge in [0.25, 0.3) is 0 Å². The first-order valence-electron chi connectivity index (χ1n) is 10.00. The number of hydrogen-bond donors (Lipinski definition) is 2. The van der Waals surface area contributed by atoms with Crippen molar-refractivity contribution < 1.29 is 4.79 Å². The zero-order valence-electron chi connectivity index (χ0n) is 16.4. The molecule has 2 N–H and O–H groups in total. The van der Waals surface area contributed by atoms with Gasteiger partial charge in [-0.15, -0.1) is 0 Å². The zero-order chi connectivity index (χ0) is 19.1. The van der Waals surface area contributed by atoms with Crippen LogP contribution in [0.5, 0.6) is 0 Å². The lowest BCUT2D eigenvalue weighted by Gasteiger charge is -2.33. The summed E-state index contributed by atoms with van der Waals surface area (Å²) in [6, 6.07) is 8.69. The van der Waals surface area contributed by atoms with E-state index >= 15 is 0 Å². The van der Waals surface area contributed by atoms with Crippen molar-refractivity contribution in [1.29, 1.82) is 0 Å². The average Bonchev–Trinajstić information content (AvgIpc) is 3.21. The lowest BCUT2D eigenvalue weighted by Crippen LogP contribution is -2.41. The van der Waals surface area contributed by atoms with Gasteiger partial charge in [0.1, 0.15) is 0 Å². The van der Waals surface area contributed by atoms with Gasteiger partial charge in [-0.2, -0.15) is 0 Å². The van der Waals surface area contributed by atoms with E-state index in [2.05, 4.69) is 27.4 Å². The van der Waals surface area contributed by atoms with E-state index in [0.717, 1.165) is 24.2 Å². The smallest absolute Gasteiger partial charge is 0.315 e. The Labute approximate surface area is 162 Å². The molecule has 0 spiro atoms. The van der Waals surface area contributed by atoms with Crippen LogP contribution in [0.2, 0.25) is 0 Å². The van der Waals surface area contributed by atoms with Crippen LogP contribution >= 0.6 is 0 Å². The second kappa shape index (κ2) is 9.55. The van der Waals surface area contributed by atoms with E-state index in [-0.39, 0.29) is 12.1 Å². The number of urea groups is 1.